The van der Waals surface area contributed by atoms with Crippen LogP contribution in [0.2, 0.25) is 0 Å². The second kappa shape index (κ2) is 6.42. The largest absolute Gasteiger partial charge is 0.465 e. The van der Waals surface area contributed by atoms with E-state index in [-0.39, 0.29) is 19.1 Å². The van der Waals surface area contributed by atoms with Crippen LogP contribution in [-0.2, 0) is 19.1 Å². The lowest BCUT2D eigenvalue weighted by molar-refractivity contribution is -0.172. The molecule has 4 heteroatoms. The molecule has 0 N–H and O–H groups in total. The molecule has 0 unspecified atom stereocenters. The van der Waals surface area contributed by atoms with Gasteiger partial charge in [-0.05, 0) is 26.7 Å². The number of ether oxygens (including phenoxy) is 2. The highest BCUT2D eigenvalue weighted by Gasteiger charge is 2.52. The van der Waals surface area contributed by atoms with Crippen LogP contribution in [0.3, 0.4) is 0 Å². The van der Waals surface area contributed by atoms with Crippen LogP contribution in [0.15, 0.2) is 12.2 Å². The van der Waals surface area contributed by atoms with Crippen molar-refractivity contribution in [2.75, 3.05) is 13.2 Å². The molecule has 0 aliphatic carbocycles. The van der Waals surface area contributed by atoms with Gasteiger partial charge in [0.1, 0.15) is 0 Å². The van der Waals surface area contributed by atoms with E-state index in [2.05, 4.69) is 6.58 Å². The van der Waals surface area contributed by atoms with Gasteiger partial charge in [-0.1, -0.05) is 26.0 Å². The third-order valence-corrected chi connectivity index (χ3v) is 2.73. The molecule has 4 nitrogen and oxygen atoms in total. The summed E-state index contributed by atoms with van der Waals surface area (Å²) in [4.78, 5) is 24.2. The highest BCUT2D eigenvalue weighted by Crippen LogP contribution is 2.37. The van der Waals surface area contributed by atoms with Crippen molar-refractivity contribution in [1.29, 1.82) is 0 Å². The number of esters is 2. The zero-order valence-corrected chi connectivity index (χ0v) is 11.3. The first kappa shape index (κ1) is 15.7. The minimum absolute atomic E-state index is 0.222. The number of carbonyl (C=O) groups excluding carboxylic acids is 2. The van der Waals surface area contributed by atoms with Gasteiger partial charge in [-0.3, -0.25) is 9.59 Å². The predicted molar refractivity (Wildman–Crippen MR) is 65.4 cm³/mol. The molecule has 0 atom stereocenters. The third kappa shape index (κ3) is 2.87. The second-order valence-electron chi connectivity index (χ2n) is 4.18. The van der Waals surface area contributed by atoms with Crippen molar-refractivity contribution in [2.24, 2.45) is 11.3 Å². The SMILES string of the molecule is C=C(C)C(C(=O)OCC)(C(=O)OCC)C(C)C. The van der Waals surface area contributed by atoms with E-state index in [0.29, 0.717) is 5.57 Å². The number of carbonyl (C=O) groups is 2. The van der Waals surface area contributed by atoms with Crippen molar-refractivity contribution >= 4 is 11.9 Å². The number of hydrogen-bond donors (Lipinski definition) is 0. The average Bonchev–Trinajstić information content (AvgIpc) is 2.17. The Morgan fingerprint density at radius 3 is 1.65 bits per heavy atom. The fraction of sp³-hybridized carbons (Fsp3) is 0.692. The molecule has 0 radical (unpaired) electrons. The summed E-state index contributed by atoms with van der Waals surface area (Å²) in [7, 11) is 0. The van der Waals surface area contributed by atoms with Gasteiger partial charge in [0.25, 0.3) is 0 Å². The van der Waals surface area contributed by atoms with Crippen molar-refractivity contribution in [3.63, 3.8) is 0 Å². The van der Waals surface area contributed by atoms with Crippen molar-refractivity contribution in [1.82, 2.24) is 0 Å². The Hall–Kier alpha value is -1.32. The van der Waals surface area contributed by atoms with E-state index in [4.69, 9.17) is 9.47 Å². The van der Waals surface area contributed by atoms with E-state index in [0.717, 1.165) is 0 Å². The van der Waals surface area contributed by atoms with Gasteiger partial charge < -0.3 is 9.47 Å². The summed E-state index contributed by atoms with van der Waals surface area (Å²) in [6.07, 6.45) is 0. The molecule has 0 heterocycles. The lowest BCUT2D eigenvalue weighted by atomic mass is 9.72. The fourth-order valence-corrected chi connectivity index (χ4v) is 1.89. The molecular formula is C13H22O4. The summed E-state index contributed by atoms with van der Waals surface area (Å²) in [5, 5.41) is 0. The molecule has 0 fully saturated rings. The van der Waals surface area contributed by atoms with Crippen LogP contribution in [0.4, 0.5) is 0 Å². The first-order valence-corrected chi connectivity index (χ1v) is 5.85. The minimum Gasteiger partial charge on any atom is -0.465 e. The highest BCUT2D eigenvalue weighted by molar-refractivity contribution is 6.03. The normalized spacial score (nSPS) is 11.2. The van der Waals surface area contributed by atoms with Crippen molar-refractivity contribution in [3.05, 3.63) is 12.2 Å². The van der Waals surface area contributed by atoms with Gasteiger partial charge in [0.05, 0.1) is 13.2 Å². The maximum absolute atomic E-state index is 12.1. The molecule has 0 aromatic heterocycles. The van der Waals surface area contributed by atoms with Gasteiger partial charge in [0, 0.05) is 0 Å². The summed E-state index contributed by atoms with van der Waals surface area (Å²) < 4.78 is 9.99. The number of hydrogen-bond acceptors (Lipinski definition) is 4. The Bertz CT molecular complexity index is 287. The van der Waals surface area contributed by atoms with Gasteiger partial charge in [-0.2, -0.15) is 0 Å². The fourth-order valence-electron chi connectivity index (χ4n) is 1.89. The average molecular weight is 242 g/mol. The zero-order valence-electron chi connectivity index (χ0n) is 11.3. The smallest absolute Gasteiger partial charge is 0.327 e. The third-order valence-electron chi connectivity index (χ3n) is 2.73. The standard InChI is InChI=1S/C13H22O4/c1-7-16-11(14)13(9(3)4,10(5)6)12(15)17-8-2/h10H,3,7-8H2,1-2,4-6H3. The molecule has 0 aliphatic heterocycles. The van der Waals surface area contributed by atoms with Crippen LogP contribution in [0.25, 0.3) is 0 Å². The van der Waals surface area contributed by atoms with Crippen LogP contribution in [0, 0.1) is 11.3 Å². The topological polar surface area (TPSA) is 52.6 Å². The summed E-state index contributed by atoms with van der Waals surface area (Å²) in [6, 6.07) is 0. The van der Waals surface area contributed by atoms with Gasteiger partial charge in [-0.25, -0.2) is 0 Å². The Kier molecular flexibility index (Phi) is 5.93. The Morgan fingerprint density at radius 1 is 1.12 bits per heavy atom. The Morgan fingerprint density at radius 2 is 1.47 bits per heavy atom. The molecule has 0 bridgehead atoms. The van der Waals surface area contributed by atoms with Crippen molar-refractivity contribution < 1.29 is 19.1 Å². The minimum atomic E-state index is -1.40. The van der Waals surface area contributed by atoms with E-state index in [1.165, 1.54) is 0 Å². The van der Waals surface area contributed by atoms with E-state index in [1.54, 1.807) is 34.6 Å². The Labute approximate surface area is 103 Å². The molecule has 0 amide bonds. The summed E-state index contributed by atoms with van der Waals surface area (Å²) >= 11 is 0. The molecule has 17 heavy (non-hydrogen) atoms. The van der Waals surface area contributed by atoms with E-state index >= 15 is 0 Å². The maximum Gasteiger partial charge on any atom is 0.327 e. The van der Waals surface area contributed by atoms with Crippen LogP contribution in [0.1, 0.15) is 34.6 Å². The highest BCUT2D eigenvalue weighted by atomic mass is 16.6. The van der Waals surface area contributed by atoms with E-state index < -0.39 is 17.4 Å². The van der Waals surface area contributed by atoms with Crippen LogP contribution in [-0.4, -0.2) is 25.2 Å². The summed E-state index contributed by atoms with van der Waals surface area (Å²) in [6.45, 7) is 12.8. The van der Waals surface area contributed by atoms with Crippen LogP contribution in [0.5, 0.6) is 0 Å². The molecule has 0 spiro atoms. The second-order valence-corrected chi connectivity index (χ2v) is 4.18. The molecule has 0 rings (SSSR count). The monoisotopic (exact) mass is 242 g/mol. The van der Waals surface area contributed by atoms with E-state index in [1.807, 2.05) is 0 Å². The van der Waals surface area contributed by atoms with Gasteiger partial charge in [0.15, 0.2) is 5.41 Å². The van der Waals surface area contributed by atoms with Crippen molar-refractivity contribution in [3.8, 4) is 0 Å². The van der Waals surface area contributed by atoms with Gasteiger partial charge in [0.2, 0.25) is 0 Å². The lowest BCUT2D eigenvalue weighted by Gasteiger charge is -2.33. The predicted octanol–water partition coefficient (Wildman–Crippen LogP) is 2.33. The first-order valence-electron chi connectivity index (χ1n) is 5.85. The first-order chi connectivity index (χ1) is 7.85. The molecule has 0 aliphatic rings. The molecule has 0 aromatic rings. The molecule has 98 valence electrons. The van der Waals surface area contributed by atoms with E-state index in [9.17, 15) is 9.59 Å². The summed E-state index contributed by atoms with van der Waals surface area (Å²) in [5.74, 6) is -1.43. The Balaban J connectivity index is 5.51. The molecule has 0 aromatic carbocycles. The molecule has 0 saturated carbocycles. The zero-order chi connectivity index (χ0) is 13.6. The van der Waals surface area contributed by atoms with Crippen molar-refractivity contribution in [2.45, 2.75) is 34.6 Å². The van der Waals surface area contributed by atoms with Gasteiger partial charge in [-0.15, -0.1) is 0 Å². The molecular weight excluding hydrogens is 220 g/mol. The van der Waals surface area contributed by atoms with Gasteiger partial charge >= 0.3 is 11.9 Å². The summed E-state index contributed by atoms with van der Waals surface area (Å²) in [5.41, 5.74) is -0.948. The van der Waals surface area contributed by atoms with Crippen LogP contribution >= 0.6 is 0 Å². The quantitative estimate of drug-likeness (QED) is 0.407. The van der Waals surface area contributed by atoms with Crippen LogP contribution < -0.4 is 0 Å². The number of rotatable bonds is 6. The maximum atomic E-state index is 12.1. The molecule has 0 saturated heterocycles. The lowest BCUT2D eigenvalue weighted by Crippen LogP contribution is -2.47.